The first kappa shape index (κ1) is 13.3. The number of rotatable bonds is 5. The van der Waals surface area contributed by atoms with Gasteiger partial charge in [-0.2, -0.15) is 0 Å². The van der Waals surface area contributed by atoms with Crippen molar-refractivity contribution < 1.29 is 4.79 Å². The number of carbonyl (C=O) groups excluding carboxylic acids is 1. The van der Waals surface area contributed by atoms with Gasteiger partial charge < -0.3 is 5.32 Å². The summed E-state index contributed by atoms with van der Waals surface area (Å²) in [4.78, 5) is 11.8. The predicted octanol–water partition coefficient (Wildman–Crippen LogP) is 2.46. The topological polar surface area (TPSA) is 29.1 Å². The molecule has 0 radical (unpaired) electrons. The van der Waals surface area contributed by atoms with Gasteiger partial charge in [0.25, 0.3) is 0 Å². The zero-order valence-corrected chi connectivity index (χ0v) is 10.5. The molecule has 0 aliphatic rings. The maximum absolute atomic E-state index is 11.8. The van der Waals surface area contributed by atoms with Crippen LogP contribution in [0.2, 0.25) is 0 Å². The maximum Gasteiger partial charge on any atom is 0.224 e. The molecule has 1 rings (SSSR count). The van der Waals surface area contributed by atoms with Crippen molar-refractivity contribution in [3.8, 4) is 12.3 Å². The van der Waals surface area contributed by atoms with Gasteiger partial charge in [0.15, 0.2) is 0 Å². The Kier molecular flexibility index (Phi) is 5.29. The van der Waals surface area contributed by atoms with Crippen molar-refractivity contribution in [1.82, 2.24) is 5.32 Å². The molecule has 1 aromatic rings. The average molecular weight is 229 g/mol. The quantitative estimate of drug-likeness (QED) is 0.772. The minimum Gasteiger partial charge on any atom is -0.352 e. The molecule has 0 fully saturated rings. The third-order valence-electron chi connectivity index (χ3n) is 2.83. The van der Waals surface area contributed by atoms with Crippen LogP contribution in [0.4, 0.5) is 0 Å². The molecule has 0 saturated carbocycles. The summed E-state index contributed by atoms with van der Waals surface area (Å²) >= 11 is 0. The molecule has 0 saturated heterocycles. The first-order chi connectivity index (χ1) is 8.17. The van der Waals surface area contributed by atoms with Crippen LogP contribution in [-0.2, 0) is 11.2 Å². The van der Waals surface area contributed by atoms with Gasteiger partial charge in [-0.05, 0) is 24.5 Å². The Labute approximate surface area is 103 Å². The molecule has 0 heterocycles. The molecule has 1 aromatic carbocycles. The van der Waals surface area contributed by atoms with E-state index in [2.05, 4.69) is 11.2 Å². The standard InChI is InChI=1S/C15H19NO/c1-4-8-14(5-2)16-15(17)11-13-10-7-6-9-12(13)3/h1,6-7,9-10,14H,5,8,11H2,2-3H3,(H,16,17). The van der Waals surface area contributed by atoms with Gasteiger partial charge in [0, 0.05) is 12.5 Å². The Morgan fingerprint density at radius 1 is 1.47 bits per heavy atom. The molecule has 1 N–H and O–H groups in total. The van der Waals surface area contributed by atoms with E-state index in [1.54, 1.807) is 0 Å². The van der Waals surface area contributed by atoms with E-state index in [-0.39, 0.29) is 11.9 Å². The van der Waals surface area contributed by atoms with Crippen LogP contribution in [0, 0.1) is 19.3 Å². The lowest BCUT2D eigenvalue weighted by Crippen LogP contribution is -2.35. The van der Waals surface area contributed by atoms with Crippen LogP contribution >= 0.6 is 0 Å². The van der Waals surface area contributed by atoms with Crippen molar-refractivity contribution in [2.75, 3.05) is 0 Å². The second-order valence-electron chi connectivity index (χ2n) is 4.18. The average Bonchev–Trinajstić information content (AvgIpc) is 2.31. The fourth-order valence-electron chi connectivity index (χ4n) is 1.70. The summed E-state index contributed by atoms with van der Waals surface area (Å²) in [6, 6.07) is 8.02. The number of hydrogen-bond donors (Lipinski definition) is 1. The molecular formula is C15H19NO. The van der Waals surface area contributed by atoms with Crippen LogP contribution in [0.25, 0.3) is 0 Å². The number of amides is 1. The highest BCUT2D eigenvalue weighted by molar-refractivity contribution is 5.79. The molecule has 2 heteroatoms. The lowest BCUT2D eigenvalue weighted by Gasteiger charge is -2.14. The Bertz CT molecular complexity index is 417. The molecule has 2 nitrogen and oxygen atoms in total. The number of carbonyl (C=O) groups is 1. The molecule has 0 aliphatic carbocycles. The van der Waals surface area contributed by atoms with Crippen molar-refractivity contribution in [2.24, 2.45) is 0 Å². The van der Waals surface area contributed by atoms with Gasteiger partial charge in [-0.15, -0.1) is 12.3 Å². The summed E-state index contributed by atoms with van der Waals surface area (Å²) in [6.07, 6.45) is 7.14. The van der Waals surface area contributed by atoms with E-state index in [1.807, 2.05) is 38.1 Å². The van der Waals surface area contributed by atoms with Crippen molar-refractivity contribution in [2.45, 2.75) is 39.2 Å². The van der Waals surface area contributed by atoms with E-state index in [1.165, 1.54) is 0 Å². The second-order valence-corrected chi connectivity index (χ2v) is 4.18. The third-order valence-corrected chi connectivity index (χ3v) is 2.83. The predicted molar refractivity (Wildman–Crippen MR) is 70.6 cm³/mol. The van der Waals surface area contributed by atoms with Gasteiger partial charge in [-0.25, -0.2) is 0 Å². The number of terminal acetylenes is 1. The number of hydrogen-bond acceptors (Lipinski definition) is 1. The molecule has 1 atom stereocenters. The largest absolute Gasteiger partial charge is 0.352 e. The molecular weight excluding hydrogens is 210 g/mol. The van der Waals surface area contributed by atoms with Gasteiger partial charge >= 0.3 is 0 Å². The summed E-state index contributed by atoms with van der Waals surface area (Å²) in [5.74, 6) is 2.63. The van der Waals surface area contributed by atoms with E-state index >= 15 is 0 Å². The zero-order valence-electron chi connectivity index (χ0n) is 10.5. The highest BCUT2D eigenvalue weighted by Crippen LogP contribution is 2.08. The Hall–Kier alpha value is -1.75. The van der Waals surface area contributed by atoms with Gasteiger partial charge in [0.1, 0.15) is 0 Å². The summed E-state index contributed by atoms with van der Waals surface area (Å²) in [5, 5.41) is 2.96. The number of aryl methyl sites for hydroxylation is 1. The normalized spacial score (nSPS) is 11.6. The first-order valence-corrected chi connectivity index (χ1v) is 5.94. The van der Waals surface area contributed by atoms with Gasteiger partial charge in [0.05, 0.1) is 6.42 Å². The Morgan fingerprint density at radius 3 is 2.76 bits per heavy atom. The van der Waals surface area contributed by atoms with Crippen LogP contribution in [0.5, 0.6) is 0 Å². The lowest BCUT2D eigenvalue weighted by molar-refractivity contribution is -0.121. The zero-order chi connectivity index (χ0) is 12.7. The molecule has 17 heavy (non-hydrogen) atoms. The smallest absolute Gasteiger partial charge is 0.224 e. The third kappa shape index (κ3) is 4.32. The van der Waals surface area contributed by atoms with Crippen LogP contribution in [0.15, 0.2) is 24.3 Å². The van der Waals surface area contributed by atoms with Crippen molar-refractivity contribution in [3.63, 3.8) is 0 Å². The number of benzene rings is 1. The Morgan fingerprint density at radius 2 is 2.18 bits per heavy atom. The lowest BCUT2D eigenvalue weighted by atomic mass is 10.0. The van der Waals surface area contributed by atoms with Crippen LogP contribution in [0.1, 0.15) is 30.9 Å². The molecule has 1 amide bonds. The fraction of sp³-hybridized carbons (Fsp3) is 0.400. The molecule has 0 bridgehead atoms. The molecule has 0 aromatic heterocycles. The summed E-state index contributed by atoms with van der Waals surface area (Å²) in [7, 11) is 0. The van der Waals surface area contributed by atoms with Crippen molar-refractivity contribution >= 4 is 5.91 Å². The SMILES string of the molecule is C#CCC(CC)NC(=O)Cc1ccccc1C. The summed E-state index contributed by atoms with van der Waals surface area (Å²) < 4.78 is 0. The van der Waals surface area contributed by atoms with Gasteiger partial charge in [0.2, 0.25) is 5.91 Å². The molecule has 0 spiro atoms. The highest BCUT2D eigenvalue weighted by Gasteiger charge is 2.10. The minimum absolute atomic E-state index is 0.0430. The molecule has 0 aliphatic heterocycles. The van der Waals surface area contributed by atoms with E-state index in [9.17, 15) is 4.79 Å². The summed E-state index contributed by atoms with van der Waals surface area (Å²) in [6.45, 7) is 4.04. The molecule has 90 valence electrons. The Balaban J connectivity index is 2.56. The van der Waals surface area contributed by atoms with Gasteiger partial charge in [-0.1, -0.05) is 31.2 Å². The highest BCUT2D eigenvalue weighted by atomic mass is 16.1. The fourth-order valence-corrected chi connectivity index (χ4v) is 1.70. The molecule has 1 unspecified atom stereocenters. The van der Waals surface area contributed by atoms with Crippen molar-refractivity contribution in [3.05, 3.63) is 35.4 Å². The van der Waals surface area contributed by atoms with Gasteiger partial charge in [-0.3, -0.25) is 4.79 Å². The van der Waals surface area contributed by atoms with Crippen LogP contribution in [-0.4, -0.2) is 11.9 Å². The second kappa shape index (κ2) is 6.75. The first-order valence-electron chi connectivity index (χ1n) is 5.94. The maximum atomic E-state index is 11.8. The van der Waals surface area contributed by atoms with E-state index in [0.29, 0.717) is 12.8 Å². The minimum atomic E-state index is 0.0430. The van der Waals surface area contributed by atoms with E-state index in [0.717, 1.165) is 17.5 Å². The summed E-state index contributed by atoms with van der Waals surface area (Å²) in [5.41, 5.74) is 2.22. The monoisotopic (exact) mass is 229 g/mol. The van der Waals surface area contributed by atoms with E-state index in [4.69, 9.17) is 6.42 Å². The van der Waals surface area contributed by atoms with E-state index < -0.39 is 0 Å². The number of nitrogens with one attached hydrogen (secondary N) is 1. The van der Waals surface area contributed by atoms with Crippen LogP contribution < -0.4 is 5.32 Å². The van der Waals surface area contributed by atoms with Crippen molar-refractivity contribution in [1.29, 1.82) is 0 Å². The van der Waals surface area contributed by atoms with Crippen LogP contribution in [0.3, 0.4) is 0 Å².